The van der Waals surface area contributed by atoms with Crippen LogP contribution in [0.4, 0.5) is 0 Å². The Morgan fingerprint density at radius 2 is 1.80 bits per heavy atom. The minimum Gasteiger partial charge on any atom is -0.550 e. The van der Waals surface area contributed by atoms with Gasteiger partial charge in [0.05, 0.1) is 12.1 Å². The Morgan fingerprint density at radius 1 is 1.40 bits per heavy atom. The zero-order chi connectivity index (χ0) is 7.44. The van der Waals surface area contributed by atoms with Crippen molar-refractivity contribution in [1.29, 1.82) is 0 Å². The molecule has 0 aliphatic heterocycles. The number of carbonyl (C=O) groups is 2. The van der Waals surface area contributed by atoms with Crippen LogP contribution in [0.5, 0.6) is 0 Å². The average molecular weight is 220 g/mol. The Bertz CT molecular complexity index is 134. The summed E-state index contributed by atoms with van der Waals surface area (Å²) in [5.41, 5.74) is 0. The van der Waals surface area contributed by atoms with E-state index in [4.69, 9.17) is 5.11 Å². The van der Waals surface area contributed by atoms with Crippen LogP contribution in [-0.4, -0.2) is 68.6 Å². The monoisotopic (exact) mass is 220 g/mol. The van der Waals surface area contributed by atoms with Crippen molar-refractivity contribution in [3.63, 3.8) is 0 Å². The predicted octanol–water partition coefficient (Wildman–Crippen LogP) is -4.14. The van der Waals surface area contributed by atoms with Gasteiger partial charge in [0.15, 0.2) is 0 Å². The Morgan fingerprint density at radius 3 is 1.90 bits per heavy atom. The van der Waals surface area contributed by atoms with Crippen molar-refractivity contribution < 1.29 is 24.9 Å². The quantitative estimate of drug-likeness (QED) is 0.486. The molecule has 0 rings (SSSR count). The number of hydrogen-bond acceptors (Lipinski definition) is 5. The van der Waals surface area contributed by atoms with Crippen molar-refractivity contribution in [1.82, 2.24) is 0 Å². The van der Waals surface area contributed by atoms with Crippen molar-refractivity contribution in [3.05, 3.63) is 0 Å². The molecule has 52 valence electrons. The van der Waals surface area contributed by atoms with E-state index in [0.717, 1.165) is 0 Å². The van der Waals surface area contributed by atoms with Crippen LogP contribution in [0.3, 0.4) is 0 Å². The molecule has 0 saturated carbocycles. The van der Waals surface area contributed by atoms with Gasteiger partial charge in [-0.2, -0.15) is 0 Å². The van der Waals surface area contributed by atoms with E-state index in [9.17, 15) is 19.8 Å². The van der Waals surface area contributed by atoms with Crippen LogP contribution in [0.15, 0.2) is 0 Å². The van der Waals surface area contributed by atoms with Gasteiger partial charge in [-0.25, -0.2) is 0 Å². The first-order valence-electron chi connectivity index (χ1n) is 2.13. The molecule has 0 radical (unpaired) electrons. The predicted molar refractivity (Wildman–Crippen MR) is 26.4 cm³/mol. The van der Waals surface area contributed by atoms with Gasteiger partial charge in [0.25, 0.3) is 0 Å². The van der Waals surface area contributed by atoms with Crippen molar-refractivity contribution in [3.8, 4) is 0 Å². The van der Waals surface area contributed by atoms with Gasteiger partial charge in [-0.1, -0.05) is 0 Å². The number of aliphatic carboxylic acids is 2. The molecule has 0 aliphatic carbocycles. The maximum Gasteiger partial charge on any atom is 2.00 e. The fourth-order valence-corrected chi connectivity index (χ4v) is 0.241. The molecule has 0 heterocycles. The molecule has 1 N–H and O–H groups in total. The van der Waals surface area contributed by atoms with Gasteiger partial charge in [0.2, 0.25) is 0 Å². The van der Waals surface area contributed by atoms with Gasteiger partial charge in [-0.3, -0.25) is 0 Å². The first kappa shape index (κ1) is 13.0. The second-order valence-electron chi connectivity index (χ2n) is 1.41. The molecule has 0 saturated heterocycles. The summed E-state index contributed by atoms with van der Waals surface area (Å²) in [7, 11) is 0. The molecule has 10 heavy (non-hydrogen) atoms. The molecular formula is C4H4O5Sr. The van der Waals surface area contributed by atoms with Crippen LogP contribution >= 0.6 is 0 Å². The molecule has 1 atom stereocenters. The summed E-state index contributed by atoms with van der Waals surface area (Å²) in [6, 6.07) is 0. The molecule has 0 unspecified atom stereocenters. The molecule has 0 aromatic carbocycles. The van der Waals surface area contributed by atoms with E-state index in [1.807, 2.05) is 0 Å². The second-order valence-corrected chi connectivity index (χ2v) is 1.41. The molecule has 0 aromatic rings. The number of carboxylic acid groups (broad SMARTS) is 2. The van der Waals surface area contributed by atoms with E-state index in [1.165, 1.54) is 0 Å². The van der Waals surface area contributed by atoms with E-state index in [0.29, 0.717) is 0 Å². The smallest absolute Gasteiger partial charge is 0.550 e. The number of aliphatic hydroxyl groups excluding tert-OH is 1. The van der Waals surface area contributed by atoms with Gasteiger partial charge < -0.3 is 24.9 Å². The van der Waals surface area contributed by atoms with Crippen molar-refractivity contribution in [2.24, 2.45) is 0 Å². The summed E-state index contributed by atoms with van der Waals surface area (Å²) in [4.78, 5) is 19.1. The van der Waals surface area contributed by atoms with E-state index in [1.54, 1.807) is 0 Å². The molecule has 0 fully saturated rings. The van der Waals surface area contributed by atoms with E-state index in [-0.39, 0.29) is 45.5 Å². The zero-order valence-electron chi connectivity index (χ0n) is 5.07. The Kier molecular flexibility index (Phi) is 7.95. The summed E-state index contributed by atoms with van der Waals surface area (Å²) in [6.45, 7) is 0. The fourth-order valence-electron chi connectivity index (χ4n) is 0.241. The van der Waals surface area contributed by atoms with Crippen molar-refractivity contribution in [2.75, 3.05) is 0 Å². The van der Waals surface area contributed by atoms with E-state index >= 15 is 0 Å². The third kappa shape index (κ3) is 6.50. The van der Waals surface area contributed by atoms with Gasteiger partial charge in [-0.15, -0.1) is 0 Å². The summed E-state index contributed by atoms with van der Waals surface area (Å²) < 4.78 is 0. The van der Waals surface area contributed by atoms with Crippen LogP contribution in [0.25, 0.3) is 0 Å². The van der Waals surface area contributed by atoms with Gasteiger partial charge in [0, 0.05) is 12.4 Å². The average Bonchev–Trinajstić information content (AvgIpc) is 1.63. The van der Waals surface area contributed by atoms with Gasteiger partial charge in [0.1, 0.15) is 0 Å². The Labute approximate surface area is 93.9 Å². The SMILES string of the molecule is O=C([O-])C[C@H](O)C(=O)[O-].[Sr+2]. The summed E-state index contributed by atoms with van der Waals surface area (Å²) in [5, 5.41) is 27.3. The summed E-state index contributed by atoms with van der Waals surface area (Å²) in [5.74, 6) is -3.43. The van der Waals surface area contributed by atoms with Crippen molar-refractivity contribution >= 4 is 57.4 Å². The summed E-state index contributed by atoms with van der Waals surface area (Å²) >= 11 is 0. The van der Waals surface area contributed by atoms with E-state index < -0.39 is 24.5 Å². The van der Waals surface area contributed by atoms with E-state index in [2.05, 4.69) is 0 Å². The minimum atomic E-state index is -1.96. The summed E-state index contributed by atoms with van der Waals surface area (Å²) in [6.07, 6.45) is -2.89. The number of carbonyl (C=O) groups excluding carboxylic acids is 2. The number of hydrogen-bond donors (Lipinski definition) is 1. The fraction of sp³-hybridized carbons (Fsp3) is 0.500. The maximum absolute atomic E-state index is 9.58. The van der Waals surface area contributed by atoms with Crippen LogP contribution < -0.4 is 10.2 Å². The molecule has 0 bridgehead atoms. The first-order valence-corrected chi connectivity index (χ1v) is 2.13. The van der Waals surface area contributed by atoms with Crippen molar-refractivity contribution in [2.45, 2.75) is 12.5 Å². The Balaban J connectivity index is 0. The normalized spacial score (nSPS) is 11.3. The molecule has 0 amide bonds. The molecule has 6 heteroatoms. The van der Waals surface area contributed by atoms with Gasteiger partial charge in [-0.05, 0) is 0 Å². The molecular weight excluding hydrogens is 216 g/mol. The number of aliphatic hydroxyl groups is 1. The largest absolute Gasteiger partial charge is 2.00 e. The van der Waals surface area contributed by atoms with Crippen LogP contribution in [0.2, 0.25) is 0 Å². The number of rotatable bonds is 3. The molecule has 0 aliphatic rings. The third-order valence-corrected chi connectivity index (χ3v) is 0.632. The topological polar surface area (TPSA) is 100 Å². The van der Waals surface area contributed by atoms with Crippen LogP contribution in [-0.2, 0) is 9.59 Å². The Hall–Kier alpha value is 0.381. The first-order chi connectivity index (χ1) is 4.04. The molecule has 0 aromatic heterocycles. The second kappa shape index (κ2) is 6.11. The standard InChI is InChI=1S/C4H6O5.Sr/c5-2(4(8)9)1-3(6)7;/h2,5H,1H2,(H,6,7)(H,8,9);/q;+2/p-2/t2-;/m0./s1. The third-order valence-electron chi connectivity index (χ3n) is 0.632. The van der Waals surface area contributed by atoms with Crippen LogP contribution in [0, 0.1) is 0 Å². The molecule has 0 spiro atoms. The van der Waals surface area contributed by atoms with Crippen LogP contribution in [0.1, 0.15) is 6.42 Å². The maximum atomic E-state index is 9.58. The zero-order valence-corrected chi connectivity index (χ0v) is 8.55. The number of carboxylic acids is 2. The minimum absolute atomic E-state index is 0. The molecule has 5 nitrogen and oxygen atoms in total. The van der Waals surface area contributed by atoms with Gasteiger partial charge >= 0.3 is 45.5 Å².